The Kier molecular flexibility index (Phi) is 3.57. The summed E-state index contributed by atoms with van der Waals surface area (Å²) in [6.07, 6.45) is 4.67. The Balaban J connectivity index is 1.44. The van der Waals surface area contributed by atoms with Crippen LogP contribution in [-0.2, 0) is 9.53 Å². The maximum Gasteiger partial charge on any atom is 0.310 e. The third kappa shape index (κ3) is 2.84. The molecular weight excluding hydrogens is 344 g/mol. The monoisotopic (exact) mass is 360 g/mol. The number of furan rings is 1. The van der Waals surface area contributed by atoms with Crippen molar-refractivity contribution in [3.8, 4) is 0 Å². The Morgan fingerprint density at radius 3 is 2.64 bits per heavy atom. The van der Waals surface area contributed by atoms with Gasteiger partial charge in [0, 0.05) is 16.3 Å². The highest BCUT2D eigenvalue weighted by molar-refractivity contribution is 9.10. The molecule has 0 aliphatic heterocycles. The van der Waals surface area contributed by atoms with Gasteiger partial charge in [0.15, 0.2) is 0 Å². The Bertz CT molecular complexity index is 658. The number of halogens is 1. The number of ether oxygens (including phenoxy) is 1. The summed E-state index contributed by atoms with van der Waals surface area (Å²) in [4.78, 5) is 12.4. The van der Waals surface area contributed by atoms with Gasteiger partial charge in [0.2, 0.25) is 0 Å². The average Bonchev–Trinajstić information content (AvgIpc) is 3.45. The summed E-state index contributed by atoms with van der Waals surface area (Å²) in [7, 11) is 0. The quantitative estimate of drug-likeness (QED) is 0.716. The van der Waals surface area contributed by atoms with Crippen LogP contribution in [0.4, 0.5) is 0 Å². The fraction of sp³-hybridized carbons (Fsp3) is 0.389. The third-order valence-electron chi connectivity index (χ3n) is 4.49. The highest BCUT2D eigenvalue weighted by Crippen LogP contribution is 2.50. The molecule has 1 heterocycles. The largest absolute Gasteiger partial charge is 0.469 e. The summed E-state index contributed by atoms with van der Waals surface area (Å²) in [5.41, 5.74) is 1.09. The molecule has 0 unspecified atom stereocenters. The van der Waals surface area contributed by atoms with E-state index >= 15 is 0 Å². The van der Waals surface area contributed by atoms with Gasteiger partial charge in [-0.25, -0.2) is 0 Å². The summed E-state index contributed by atoms with van der Waals surface area (Å²) in [6.45, 7) is 0. The molecule has 2 aromatic rings. The van der Waals surface area contributed by atoms with Crippen LogP contribution in [-0.4, -0.2) is 5.97 Å². The number of hydrogen-bond donors (Lipinski definition) is 0. The fourth-order valence-electron chi connectivity index (χ4n) is 2.97. The number of carbonyl (C=O) groups is 1. The van der Waals surface area contributed by atoms with Crippen LogP contribution in [0.5, 0.6) is 0 Å². The maximum atomic E-state index is 12.4. The van der Waals surface area contributed by atoms with Crippen molar-refractivity contribution in [1.29, 1.82) is 0 Å². The highest BCUT2D eigenvalue weighted by atomic mass is 79.9. The van der Waals surface area contributed by atoms with Crippen molar-refractivity contribution in [2.45, 2.75) is 31.3 Å². The minimum absolute atomic E-state index is 0.0390. The van der Waals surface area contributed by atoms with E-state index < -0.39 is 0 Å². The van der Waals surface area contributed by atoms with Crippen LogP contribution in [0.2, 0.25) is 0 Å². The van der Waals surface area contributed by atoms with Gasteiger partial charge >= 0.3 is 5.97 Å². The molecular formula is C18H17BrO3. The predicted octanol–water partition coefficient (Wildman–Crippen LogP) is 4.84. The second-order valence-corrected chi connectivity index (χ2v) is 7.13. The van der Waals surface area contributed by atoms with Crippen molar-refractivity contribution in [2.24, 2.45) is 11.8 Å². The normalized spacial score (nSPS) is 24.8. The Morgan fingerprint density at radius 2 is 2.00 bits per heavy atom. The summed E-state index contributed by atoms with van der Waals surface area (Å²) >= 11 is 3.44. The molecule has 2 aliphatic rings. The van der Waals surface area contributed by atoms with Crippen molar-refractivity contribution < 1.29 is 13.9 Å². The molecule has 0 spiro atoms. The van der Waals surface area contributed by atoms with Crippen molar-refractivity contribution in [3.05, 3.63) is 58.5 Å². The Labute approximate surface area is 137 Å². The lowest BCUT2D eigenvalue weighted by Crippen LogP contribution is -2.15. The Hall–Kier alpha value is -1.55. The van der Waals surface area contributed by atoms with Gasteiger partial charge in [0.1, 0.15) is 11.9 Å². The van der Waals surface area contributed by atoms with E-state index in [0.717, 1.165) is 35.1 Å². The molecule has 0 bridgehead atoms. The van der Waals surface area contributed by atoms with E-state index in [1.165, 1.54) is 0 Å². The molecule has 0 radical (unpaired) electrons. The van der Waals surface area contributed by atoms with Gasteiger partial charge in [-0.1, -0.05) is 28.1 Å². The number of rotatable bonds is 5. The van der Waals surface area contributed by atoms with E-state index in [1.54, 1.807) is 6.26 Å². The second-order valence-electron chi connectivity index (χ2n) is 6.21. The SMILES string of the molecule is O=C(O[C@H](c1ccc(Br)cc1)C1CC1)[C@H]1C[C@H]1c1ccco1. The van der Waals surface area contributed by atoms with Gasteiger partial charge in [-0.2, -0.15) is 0 Å². The van der Waals surface area contributed by atoms with Gasteiger partial charge in [-0.3, -0.25) is 4.79 Å². The lowest BCUT2D eigenvalue weighted by molar-refractivity contribution is -0.152. The second kappa shape index (κ2) is 5.58. The molecule has 2 saturated carbocycles. The Morgan fingerprint density at radius 1 is 1.23 bits per heavy atom. The number of esters is 1. The van der Waals surface area contributed by atoms with E-state index in [1.807, 2.05) is 36.4 Å². The number of hydrogen-bond acceptors (Lipinski definition) is 3. The highest BCUT2D eigenvalue weighted by Gasteiger charge is 2.48. The van der Waals surface area contributed by atoms with Crippen LogP contribution in [0.15, 0.2) is 51.6 Å². The first-order valence-electron chi connectivity index (χ1n) is 7.72. The summed E-state index contributed by atoms with van der Waals surface area (Å²) in [5, 5.41) is 0. The van der Waals surface area contributed by atoms with E-state index in [-0.39, 0.29) is 23.9 Å². The van der Waals surface area contributed by atoms with Crippen molar-refractivity contribution >= 4 is 21.9 Å². The van der Waals surface area contributed by atoms with Crippen LogP contribution in [0, 0.1) is 11.8 Å². The van der Waals surface area contributed by atoms with Crippen molar-refractivity contribution in [1.82, 2.24) is 0 Å². The smallest absolute Gasteiger partial charge is 0.310 e. The van der Waals surface area contributed by atoms with Crippen molar-refractivity contribution in [3.63, 3.8) is 0 Å². The summed E-state index contributed by atoms with van der Waals surface area (Å²) in [6, 6.07) is 11.9. The first kappa shape index (κ1) is 14.1. The van der Waals surface area contributed by atoms with E-state index in [0.29, 0.717) is 5.92 Å². The van der Waals surface area contributed by atoms with E-state index in [4.69, 9.17) is 9.15 Å². The number of carbonyl (C=O) groups excluding carboxylic acids is 1. The molecule has 4 rings (SSSR count). The van der Waals surface area contributed by atoms with Gasteiger partial charge in [-0.15, -0.1) is 0 Å². The van der Waals surface area contributed by atoms with Crippen LogP contribution in [0.1, 0.15) is 42.6 Å². The molecule has 1 aromatic carbocycles. The molecule has 3 atom stereocenters. The molecule has 1 aromatic heterocycles. The molecule has 2 aliphatic carbocycles. The zero-order chi connectivity index (χ0) is 15.1. The predicted molar refractivity (Wildman–Crippen MR) is 85.3 cm³/mol. The zero-order valence-electron chi connectivity index (χ0n) is 12.1. The van der Waals surface area contributed by atoms with Gasteiger partial charge in [-0.05, 0) is 49.1 Å². The van der Waals surface area contributed by atoms with E-state index in [2.05, 4.69) is 15.9 Å². The first-order valence-corrected chi connectivity index (χ1v) is 8.51. The third-order valence-corrected chi connectivity index (χ3v) is 5.02. The standard InChI is InChI=1S/C18H17BrO3/c19-13-7-5-12(6-8-13)17(11-3-4-11)22-18(20)15-10-14(15)16-2-1-9-21-16/h1-2,5-9,11,14-15,17H,3-4,10H2/t14-,15+,17+/m1/s1. The maximum absolute atomic E-state index is 12.4. The van der Waals surface area contributed by atoms with E-state index in [9.17, 15) is 4.79 Å². The summed E-state index contributed by atoms with van der Waals surface area (Å²) in [5.74, 6) is 1.45. The molecule has 3 nitrogen and oxygen atoms in total. The minimum Gasteiger partial charge on any atom is -0.469 e. The van der Waals surface area contributed by atoms with Gasteiger partial charge in [0.25, 0.3) is 0 Å². The molecule has 22 heavy (non-hydrogen) atoms. The van der Waals surface area contributed by atoms with Crippen molar-refractivity contribution in [2.75, 3.05) is 0 Å². The molecule has 4 heteroatoms. The fourth-order valence-corrected chi connectivity index (χ4v) is 3.24. The summed E-state index contributed by atoms with van der Waals surface area (Å²) < 4.78 is 12.3. The zero-order valence-corrected chi connectivity index (χ0v) is 13.7. The molecule has 0 N–H and O–H groups in total. The van der Waals surface area contributed by atoms with Crippen LogP contribution >= 0.6 is 15.9 Å². The van der Waals surface area contributed by atoms with Crippen LogP contribution in [0.3, 0.4) is 0 Å². The van der Waals surface area contributed by atoms with Crippen LogP contribution in [0.25, 0.3) is 0 Å². The number of benzene rings is 1. The topological polar surface area (TPSA) is 39.4 Å². The van der Waals surface area contributed by atoms with Crippen LogP contribution < -0.4 is 0 Å². The van der Waals surface area contributed by atoms with Gasteiger partial charge in [0.05, 0.1) is 12.2 Å². The van der Waals surface area contributed by atoms with Gasteiger partial charge < -0.3 is 9.15 Å². The lowest BCUT2D eigenvalue weighted by Gasteiger charge is -2.18. The molecule has 0 amide bonds. The molecule has 0 saturated heterocycles. The average molecular weight is 361 g/mol. The lowest BCUT2D eigenvalue weighted by atomic mass is 10.1. The molecule has 2 fully saturated rings. The molecule has 114 valence electrons. The first-order chi connectivity index (χ1) is 10.7. The minimum atomic E-state index is -0.0987.